The van der Waals surface area contributed by atoms with E-state index in [1.807, 2.05) is 0 Å². The Morgan fingerprint density at radius 2 is 2.11 bits per heavy atom. The molecule has 19 heavy (non-hydrogen) atoms. The van der Waals surface area contributed by atoms with Crippen molar-refractivity contribution < 1.29 is 18.7 Å². The number of morpholine rings is 1. The van der Waals surface area contributed by atoms with E-state index >= 15 is 0 Å². The number of carbonyl (C=O) groups is 2. The van der Waals surface area contributed by atoms with Crippen LogP contribution < -0.4 is 5.32 Å². The van der Waals surface area contributed by atoms with Gasteiger partial charge in [0, 0.05) is 25.2 Å². The lowest BCUT2D eigenvalue weighted by molar-refractivity contribution is -0.142. The molecular formula is C13H15FN2O3. The number of halogens is 1. The maximum atomic E-state index is 12.7. The van der Waals surface area contributed by atoms with E-state index in [-0.39, 0.29) is 24.2 Å². The molecule has 0 radical (unpaired) electrons. The summed E-state index contributed by atoms with van der Waals surface area (Å²) in [6.45, 7) is 1.99. The van der Waals surface area contributed by atoms with Gasteiger partial charge in [-0.25, -0.2) is 4.39 Å². The predicted octanol–water partition coefficient (Wildman–Crippen LogP) is 0.414. The van der Waals surface area contributed by atoms with Gasteiger partial charge in [0.2, 0.25) is 5.91 Å². The van der Waals surface area contributed by atoms with Gasteiger partial charge in [-0.1, -0.05) is 0 Å². The second-order valence-electron chi connectivity index (χ2n) is 4.20. The molecule has 2 amide bonds. The first-order valence-electron chi connectivity index (χ1n) is 6.06. The minimum absolute atomic E-state index is 0.0673. The van der Waals surface area contributed by atoms with Crippen LogP contribution in [0.15, 0.2) is 24.3 Å². The third kappa shape index (κ3) is 3.75. The number of benzene rings is 1. The van der Waals surface area contributed by atoms with Crippen molar-refractivity contribution in [3.63, 3.8) is 0 Å². The zero-order valence-corrected chi connectivity index (χ0v) is 10.4. The Hall–Kier alpha value is -1.95. The van der Waals surface area contributed by atoms with Crippen molar-refractivity contribution in [2.75, 3.05) is 32.8 Å². The highest BCUT2D eigenvalue weighted by Crippen LogP contribution is 2.02. The highest BCUT2D eigenvalue weighted by Gasteiger charge is 2.18. The Balaban J connectivity index is 1.77. The maximum Gasteiger partial charge on any atom is 0.251 e. The maximum absolute atomic E-state index is 12.7. The topological polar surface area (TPSA) is 58.6 Å². The molecule has 6 heteroatoms. The lowest BCUT2D eigenvalue weighted by Crippen LogP contribution is -2.45. The Bertz CT molecular complexity index is 461. The van der Waals surface area contributed by atoms with Crippen molar-refractivity contribution >= 4 is 11.8 Å². The van der Waals surface area contributed by atoms with Crippen LogP contribution >= 0.6 is 0 Å². The fourth-order valence-electron chi connectivity index (χ4n) is 1.79. The van der Waals surface area contributed by atoms with Gasteiger partial charge in [0.05, 0.1) is 6.61 Å². The number of nitrogens with one attached hydrogen (secondary N) is 1. The number of amides is 2. The largest absolute Gasteiger partial charge is 0.370 e. The molecular weight excluding hydrogens is 251 g/mol. The van der Waals surface area contributed by atoms with Crippen LogP contribution in [-0.4, -0.2) is 49.6 Å². The molecule has 1 aromatic rings. The van der Waals surface area contributed by atoms with Crippen LogP contribution in [0.1, 0.15) is 10.4 Å². The first-order chi connectivity index (χ1) is 9.16. The van der Waals surface area contributed by atoms with E-state index in [0.29, 0.717) is 31.8 Å². The van der Waals surface area contributed by atoms with Gasteiger partial charge >= 0.3 is 0 Å². The number of hydrogen-bond donors (Lipinski definition) is 1. The molecule has 5 nitrogen and oxygen atoms in total. The molecule has 1 N–H and O–H groups in total. The molecule has 0 atom stereocenters. The summed E-state index contributed by atoms with van der Waals surface area (Å²) in [5.74, 6) is -0.724. The van der Waals surface area contributed by atoms with Gasteiger partial charge in [0.1, 0.15) is 12.4 Å². The molecule has 1 fully saturated rings. The van der Waals surface area contributed by atoms with Crippen LogP contribution in [-0.2, 0) is 9.53 Å². The van der Waals surface area contributed by atoms with E-state index < -0.39 is 0 Å². The smallest absolute Gasteiger partial charge is 0.251 e. The molecule has 1 heterocycles. The van der Waals surface area contributed by atoms with Crippen LogP contribution in [0.4, 0.5) is 4.39 Å². The molecule has 102 valence electrons. The van der Waals surface area contributed by atoms with Crippen molar-refractivity contribution in [1.29, 1.82) is 0 Å². The standard InChI is InChI=1S/C13H15FN2O3/c14-11-3-1-10(2-4-11)13(18)15-5-6-16-7-8-19-9-12(16)17/h1-4H,5-9H2,(H,15,18). The normalized spacial score (nSPS) is 15.4. The predicted molar refractivity (Wildman–Crippen MR) is 66.1 cm³/mol. The van der Waals surface area contributed by atoms with Gasteiger partial charge in [-0.3, -0.25) is 9.59 Å². The summed E-state index contributed by atoms with van der Waals surface area (Å²) in [4.78, 5) is 24.8. The van der Waals surface area contributed by atoms with Crippen LogP contribution in [0.25, 0.3) is 0 Å². The van der Waals surface area contributed by atoms with Crippen LogP contribution in [0.3, 0.4) is 0 Å². The highest BCUT2D eigenvalue weighted by atomic mass is 19.1. The summed E-state index contributed by atoms with van der Waals surface area (Å²) >= 11 is 0. The van der Waals surface area contributed by atoms with Gasteiger partial charge in [0.25, 0.3) is 5.91 Å². The van der Waals surface area contributed by atoms with Crippen molar-refractivity contribution in [3.8, 4) is 0 Å². The molecule has 2 rings (SSSR count). The highest BCUT2D eigenvalue weighted by molar-refractivity contribution is 5.94. The monoisotopic (exact) mass is 266 g/mol. The minimum Gasteiger partial charge on any atom is -0.370 e. The minimum atomic E-state index is -0.379. The fourth-order valence-corrected chi connectivity index (χ4v) is 1.79. The van der Waals surface area contributed by atoms with Crippen LogP contribution in [0.2, 0.25) is 0 Å². The molecule has 0 spiro atoms. The molecule has 0 aromatic heterocycles. The lowest BCUT2D eigenvalue weighted by atomic mass is 10.2. The average molecular weight is 266 g/mol. The average Bonchev–Trinajstić information content (AvgIpc) is 2.41. The SMILES string of the molecule is O=C(NCCN1CCOCC1=O)c1ccc(F)cc1. The fraction of sp³-hybridized carbons (Fsp3) is 0.385. The summed E-state index contributed by atoms with van der Waals surface area (Å²) in [5, 5.41) is 2.69. The number of ether oxygens (including phenoxy) is 1. The molecule has 1 aromatic carbocycles. The van der Waals surface area contributed by atoms with E-state index in [1.165, 1.54) is 24.3 Å². The van der Waals surface area contributed by atoms with Crippen LogP contribution in [0, 0.1) is 5.82 Å². The van der Waals surface area contributed by atoms with Crippen molar-refractivity contribution in [2.24, 2.45) is 0 Å². The Morgan fingerprint density at radius 3 is 2.79 bits per heavy atom. The zero-order valence-electron chi connectivity index (χ0n) is 10.4. The van der Waals surface area contributed by atoms with Gasteiger partial charge < -0.3 is 15.0 Å². The Kier molecular flexibility index (Phi) is 4.46. The zero-order chi connectivity index (χ0) is 13.7. The summed E-state index contributed by atoms with van der Waals surface area (Å²) in [7, 11) is 0. The quantitative estimate of drug-likeness (QED) is 0.859. The molecule has 0 aliphatic carbocycles. The van der Waals surface area contributed by atoms with E-state index in [4.69, 9.17) is 4.74 Å². The second-order valence-corrected chi connectivity index (χ2v) is 4.20. The first-order valence-corrected chi connectivity index (χ1v) is 6.06. The Labute approximate surface area is 110 Å². The van der Waals surface area contributed by atoms with Crippen molar-refractivity contribution in [3.05, 3.63) is 35.6 Å². The number of rotatable bonds is 4. The van der Waals surface area contributed by atoms with Crippen molar-refractivity contribution in [1.82, 2.24) is 10.2 Å². The van der Waals surface area contributed by atoms with E-state index in [2.05, 4.69) is 5.32 Å². The third-order valence-corrected chi connectivity index (χ3v) is 2.86. The van der Waals surface area contributed by atoms with Crippen LogP contribution in [0.5, 0.6) is 0 Å². The molecule has 1 aliphatic heterocycles. The lowest BCUT2D eigenvalue weighted by Gasteiger charge is -2.26. The summed E-state index contributed by atoms with van der Waals surface area (Å²) in [5.41, 5.74) is 0.398. The van der Waals surface area contributed by atoms with Gasteiger partial charge in [-0.2, -0.15) is 0 Å². The number of hydrogen-bond acceptors (Lipinski definition) is 3. The van der Waals surface area contributed by atoms with Gasteiger partial charge in [0.15, 0.2) is 0 Å². The van der Waals surface area contributed by atoms with Gasteiger partial charge in [-0.05, 0) is 24.3 Å². The molecule has 0 saturated carbocycles. The van der Waals surface area contributed by atoms with E-state index in [9.17, 15) is 14.0 Å². The van der Waals surface area contributed by atoms with Gasteiger partial charge in [-0.15, -0.1) is 0 Å². The molecule has 0 bridgehead atoms. The number of nitrogens with zero attached hydrogens (tertiary/aromatic N) is 1. The van der Waals surface area contributed by atoms with E-state index in [0.717, 1.165) is 0 Å². The molecule has 1 aliphatic rings. The van der Waals surface area contributed by atoms with E-state index in [1.54, 1.807) is 4.90 Å². The Morgan fingerprint density at radius 1 is 1.37 bits per heavy atom. The second kappa shape index (κ2) is 6.29. The third-order valence-electron chi connectivity index (χ3n) is 2.86. The number of carbonyl (C=O) groups excluding carboxylic acids is 2. The molecule has 1 saturated heterocycles. The molecule has 0 unspecified atom stereocenters. The summed E-state index contributed by atoms with van der Waals surface area (Å²) < 4.78 is 17.7. The van der Waals surface area contributed by atoms with Crippen molar-refractivity contribution in [2.45, 2.75) is 0 Å². The summed E-state index contributed by atoms with van der Waals surface area (Å²) in [6, 6.07) is 5.32. The summed E-state index contributed by atoms with van der Waals surface area (Å²) in [6.07, 6.45) is 0. The first kappa shape index (κ1) is 13.5.